The summed E-state index contributed by atoms with van der Waals surface area (Å²) in [4.78, 5) is 12.2. The average molecular weight is 344 g/mol. The molecule has 1 aromatic heterocycles. The maximum absolute atomic E-state index is 12.2. The van der Waals surface area contributed by atoms with E-state index < -0.39 is 0 Å². The van der Waals surface area contributed by atoms with E-state index in [4.69, 9.17) is 5.73 Å². The van der Waals surface area contributed by atoms with Gasteiger partial charge in [0.15, 0.2) is 0 Å². The Balaban J connectivity index is 1.79. The van der Waals surface area contributed by atoms with Crippen LogP contribution in [0.5, 0.6) is 0 Å². The average Bonchev–Trinajstić information content (AvgIpc) is 2.83. The first-order chi connectivity index (χ1) is 10.1. The van der Waals surface area contributed by atoms with Crippen molar-refractivity contribution in [3.8, 4) is 0 Å². The number of rotatable bonds is 3. The summed E-state index contributed by atoms with van der Waals surface area (Å²) in [6.07, 6.45) is 1.89. The number of nitrogens with one attached hydrogen (secondary N) is 1. The molecule has 0 fully saturated rings. The molecule has 0 unspecified atom stereocenters. The molecule has 3 aromatic rings. The van der Waals surface area contributed by atoms with Crippen LogP contribution in [0.25, 0.3) is 10.9 Å². The molecule has 0 radical (unpaired) electrons. The Morgan fingerprint density at radius 1 is 1.19 bits per heavy atom. The molecule has 1 heterocycles. The van der Waals surface area contributed by atoms with Crippen LogP contribution >= 0.6 is 15.9 Å². The van der Waals surface area contributed by atoms with Gasteiger partial charge < -0.3 is 15.6 Å². The third-order valence-electron chi connectivity index (χ3n) is 3.26. The number of benzene rings is 2. The Kier molecular flexibility index (Phi) is 3.66. The van der Waals surface area contributed by atoms with Crippen LogP contribution in [0, 0.1) is 0 Å². The molecule has 21 heavy (non-hydrogen) atoms. The van der Waals surface area contributed by atoms with Gasteiger partial charge in [-0.1, -0.05) is 12.1 Å². The molecule has 106 valence electrons. The lowest BCUT2D eigenvalue weighted by Gasteiger charge is -2.09. The van der Waals surface area contributed by atoms with E-state index in [1.165, 1.54) is 0 Å². The van der Waals surface area contributed by atoms with Crippen LogP contribution in [0.2, 0.25) is 0 Å². The van der Waals surface area contributed by atoms with Crippen molar-refractivity contribution in [2.45, 2.75) is 6.54 Å². The van der Waals surface area contributed by atoms with Crippen molar-refractivity contribution < 1.29 is 4.79 Å². The van der Waals surface area contributed by atoms with Crippen LogP contribution in [0.1, 0.15) is 0 Å². The lowest BCUT2D eigenvalue weighted by molar-refractivity contribution is -0.116. The molecular weight excluding hydrogens is 330 g/mol. The highest BCUT2D eigenvalue weighted by Crippen LogP contribution is 2.22. The SMILES string of the molecule is Nc1ccc2c(ccn2CC(=O)Nc2ccccc2Br)c1. The number of hydrogen-bond donors (Lipinski definition) is 2. The van der Waals surface area contributed by atoms with Crippen molar-refractivity contribution in [1.82, 2.24) is 4.57 Å². The van der Waals surface area contributed by atoms with Crippen LogP contribution in [-0.2, 0) is 11.3 Å². The summed E-state index contributed by atoms with van der Waals surface area (Å²) >= 11 is 3.42. The van der Waals surface area contributed by atoms with Crippen molar-refractivity contribution in [2.75, 3.05) is 11.1 Å². The van der Waals surface area contributed by atoms with Crippen LogP contribution in [0.4, 0.5) is 11.4 Å². The Labute approximate surface area is 130 Å². The van der Waals surface area contributed by atoms with Gasteiger partial charge in [0.25, 0.3) is 0 Å². The number of anilines is 2. The summed E-state index contributed by atoms with van der Waals surface area (Å²) in [5.74, 6) is -0.0729. The van der Waals surface area contributed by atoms with Crippen LogP contribution in [-0.4, -0.2) is 10.5 Å². The summed E-state index contributed by atoms with van der Waals surface area (Å²) in [5, 5.41) is 3.92. The summed E-state index contributed by atoms with van der Waals surface area (Å²) in [7, 11) is 0. The molecule has 0 aliphatic carbocycles. The van der Waals surface area contributed by atoms with Gasteiger partial charge in [-0.15, -0.1) is 0 Å². The fraction of sp³-hybridized carbons (Fsp3) is 0.0625. The molecule has 0 atom stereocenters. The molecule has 3 rings (SSSR count). The zero-order valence-electron chi connectivity index (χ0n) is 11.2. The summed E-state index contributed by atoms with van der Waals surface area (Å²) in [5.41, 5.74) is 8.24. The van der Waals surface area contributed by atoms with Gasteiger partial charge >= 0.3 is 0 Å². The van der Waals surface area contributed by atoms with Gasteiger partial charge in [-0.2, -0.15) is 0 Å². The Bertz CT molecular complexity index is 810. The first-order valence-electron chi connectivity index (χ1n) is 6.52. The van der Waals surface area contributed by atoms with Crippen molar-refractivity contribution in [3.63, 3.8) is 0 Å². The van der Waals surface area contributed by atoms with Gasteiger partial charge in [-0.25, -0.2) is 0 Å². The maximum Gasteiger partial charge on any atom is 0.244 e. The Morgan fingerprint density at radius 3 is 2.81 bits per heavy atom. The van der Waals surface area contributed by atoms with Crippen molar-refractivity contribution in [2.24, 2.45) is 0 Å². The minimum Gasteiger partial charge on any atom is -0.399 e. The molecule has 0 saturated heterocycles. The number of para-hydroxylation sites is 1. The van der Waals surface area contributed by atoms with Crippen LogP contribution < -0.4 is 11.1 Å². The van der Waals surface area contributed by atoms with E-state index in [0.29, 0.717) is 0 Å². The number of halogens is 1. The molecule has 4 nitrogen and oxygen atoms in total. The highest BCUT2D eigenvalue weighted by molar-refractivity contribution is 9.10. The molecule has 0 bridgehead atoms. The Morgan fingerprint density at radius 2 is 2.00 bits per heavy atom. The quantitative estimate of drug-likeness (QED) is 0.713. The van der Waals surface area contributed by atoms with Crippen molar-refractivity contribution in [3.05, 3.63) is 59.2 Å². The summed E-state index contributed by atoms with van der Waals surface area (Å²) < 4.78 is 2.77. The zero-order valence-corrected chi connectivity index (χ0v) is 12.8. The second kappa shape index (κ2) is 5.61. The van der Waals surface area contributed by atoms with Crippen molar-refractivity contribution >= 4 is 44.1 Å². The molecule has 1 amide bonds. The number of fused-ring (bicyclic) bond motifs is 1. The molecule has 0 spiro atoms. The van der Waals surface area contributed by atoms with E-state index in [1.54, 1.807) is 0 Å². The number of nitrogens with two attached hydrogens (primary N) is 1. The van der Waals surface area contributed by atoms with E-state index in [2.05, 4.69) is 21.2 Å². The fourth-order valence-electron chi connectivity index (χ4n) is 2.26. The molecule has 5 heteroatoms. The van der Waals surface area contributed by atoms with Gasteiger partial charge in [0.1, 0.15) is 6.54 Å². The van der Waals surface area contributed by atoms with E-state index in [9.17, 15) is 4.79 Å². The number of carbonyl (C=O) groups is 1. The Hall–Kier alpha value is -2.27. The second-order valence-electron chi connectivity index (χ2n) is 4.79. The first kappa shape index (κ1) is 13.7. The van der Waals surface area contributed by atoms with Crippen molar-refractivity contribution in [1.29, 1.82) is 0 Å². The lowest BCUT2D eigenvalue weighted by atomic mass is 10.2. The standard InChI is InChI=1S/C16H14BrN3O/c17-13-3-1-2-4-14(13)19-16(21)10-20-8-7-11-9-12(18)5-6-15(11)20/h1-9H,10,18H2,(H,19,21). The highest BCUT2D eigenvalue weighted by Gasteiger charge is 2.08. The first-order valence-corrected chi connectivity index (χ1v) is 7.31. The van der Waals surface area contributed by atoms with Gasteiger partial charge in [0.05, 0.1) is 5.69 Å². The minimum atomic E-state index is -0.0729. The maximum atomic E-state index is 12.2. The molecule has 2 aromatic carbocycles. The molecule has 3 N–H and O–H groups in total. The molecule has 0 aliphatic heterocycles. The van der Waals surface area contributed by atoms with Gasteiger partial charge in [0.2, 0.25) is 5.91 Å². The fourth-order valence-corrected chi connectivity index (χ4v) is 2.65. The lowest BCUT2D eigenvalue weighted by Crippen LogP contribution is -2.18. The van der Waals surface area contributed by atoms with E-state index in [1.807, 2.05) is 59.3 Å². The summed E-state index contributed by atoms with van der Waals surface area (Å²) in [6, 6.07) is 15.2. The number of carbonyl (C=O) groups excluding carboxylic acids is 1. The molecular formula is C16H14BrN3O. The predicted molar refractivity (Wildman–Crippen MR) is 89.1 cm³/mol. The van der Waals surface area contributed by atoms with E-state index in [0.717, 1.165) is 26.8 Å². The summed E-state index contributed by atoms with van der Waals surface area (Å²) in [6.45, 7) is 0.259. The minimum absolute atomic E-state index is 0.0729. The third kappa shape index (κ3) is 2.92. The van der Waals surface area contributed by atoms with Gasteiger partial charge in [-0.05, 0) is 52.3 Å². The second-order valence-corrected chi connectivity index (χ2v) is 5.64. The van der Waals surface area contributed by atoms with E-state index in [-0.39, 0.29) is 12.5 Å². The topological polar surface area (TPSA) is 60.0 Å². The number of aromatic nitrogens is 1. The number of amides is 1. The normalized spacial score (nSPS) is 10.7. The number of hydrogen-bond acceptors (Lipinski definition) is 2. The third-order valence-corrected chi connectivity index (χ3v) is 3.95. The smallest absolute Gasteiger partial charge is 0.244 e. The molecule has 0 saturated carbocycles. The highest BCUT2D eigenvalue weighted by atomic mass is 79.9. The molecule has 0 aliphatic rings. The van der Waals surface area contributed by atoms with Gasteiger partial charge in [-0.3, -0.25) is 4.79 Å². The number of nitrogen functional groups attached to an aromatic ring is 1. The monoisotopic (exact) mass is 343 g/mol. The van der Waals surface area contributed by atoms with Gasteiger partial charge in [0, 0.05) is 27.3 Å². The van der Waals surface area contributed by atoms with Crippen LogP contribution in [0.15, 0.2) is 59.2 Å². The predicted octanol–water partition coefficient (Wildman–Crippen LogP) is 3.62. The van der Waals surface area contributed by atoms with Crippen LogP contribution in [0.3, 0.4) is 0 Å². The number of nitrogens with zero attached hydrogens (tertiary/aromatic N) is 1. The van der Waals surface area contributed by atoms with E-state index >= 15 is 0 Å². The zero-order chi connectivity index (χ0) is 14.8. The largest absolute Gasteiger partial charge is 0.399 e.